The Kier molecular flexibility index (Phi) is 5.03. The van der Waals surface area contributed by atoms with E-state index in [1.165, 1.54) is 11.3 Å². The topological polar surface area (TPSA) is 50.2 Å². The van der Waals surface area contributed by atoms with Crippen LogP contribution in [0.1, 0.15) is 27.2 Å². The summed E-state index contributed by atoms with van der Waals surface area (Å²) < 4.78 is 2.29. The first kappa shape index (κ1) is 17.5. The molecule has 0 radical (unpaired) electrons. The molecule has 2 aromatic heterocycles. The molecule has 1 aromatic carbocycles. The Hall–Kier alpha value is -2.92. The molecule has 0 spiro atoms. The lowest BCUT2D eigenvalue weighted by Gasteiger charge is -2.37. The van der Waals surface area contributed by atoms with Gasteiger partial charge in [0.2, 0.25) is 0 Å². The summed E-state index contributed by atoms with van der Waals surface area (Å²) in [6, 6.07) is 16.9. The minimum atomic E-state index is -0.0569. The highest BCUT2D eigenvalue weighted by Gasteiger charge is 2.26. The van der Waals surface area contributed by atoms with Gasteiger partial charge in [-0.2, -0.15) is 0 Å². The third-order valence-electron chi connectivity index (χ3n) is 5.22. The number of hydrogen-bond donors (Lipinski definition) is 1. The zero-order chi connectivity index (χ0) is 18.6. The number of nitrogens with one attached hydrogen (secondary N) is 1. The number of hydrogen-bond acceptors (Lipinski definition) is 3. The highest BCUT2D eigenvalue weighted by molar-refractivity contribution is 5.95. The van der Waals surface area contributed by atoms with Crippen molar-refractivity contribution in [2.75, 3.05) is 6.54 Å². The van der Waals surface area contributed by atoms with Gasteiger partial charge < -0.3 is 9.88 Å². The van der Waals surface area contributed by atoms with Gasteiger partial charge in [-0.3, -0.25) is 14.7 Å². The van der Waals surface area contributed by atoms with Crippen LogP contribution in [0.3, 0.4) is 0 Å². The zero-order valence-corrected chi connectivity index (χ0v) is 15.5. The predicted molar refractivity (Wildman–Crippen MR) is 105 cm³/mol. The Morgan fingerprint density at radius 2 is 2.04 bits per heavy atom. The Morgan fingerprint density at radius 3 is 2.85 bits per heavy atom. The van der Waals surface area contributed by atoms with Crippen molar-refractivity contribution < 1.29 is 4.79 Å². The van der Waals surface area contributed by atoms with Crippen molar-refractivity contribution in [3.8, 4) is 0 Å². The summed E-state index contributed by atoms with van der Waals surface area (Å²) in [6.45, 7) is 5.18. The van der Waals surface area contributed by atoms with Gasteiger partial charge in [0.15, 0.2) is 0 Å². The fourth-order valence-corrected chi connectivity index (χ4v) is 3.65. The Morgan fingerprint density at radius 1 is 1.19 bits per heavy atom. The number of carbonyl (C=O) groups excluding carboxylic acids is 1. The lowest BCUT2D eigenvalue weighted by atomic mass is 10.1. The second-order valence-electron chi connectivity index (χ2n) is 7.10. The van der Waals surface area contributed by atoms with Crippen LogP contribution in [-0.2, 0) is 19.6 Å². The van der Waals surface area contributed by atoms with Crippen LogP contribution in [0.25, 0.3) is 0 Å². The molecule has 138 valence electrons. The van der Waals surface area contributed by atoms with Crippen molar-refractivity contribution in [2.45, 2.75) is 32.6 Å². The average Bonchev–Trinajstić information content (AvgIpc) is 3.14. The maximum Gasteiger partial charge on any atom is 0.253 e. The van der Waals surface area contributed by atoms with Gasteiger partial charge >= 0.3 is 0 Å². The summed E-state index contributed by atoms with van der Waals surface area (Å²) in [5.74, 6) is -0.0569. The molecule has 1 amide bonds. The number of fused-ring (bicyclic) bond motifs is 1. The van der Waals surface area contributed by atoms with E-state index < -0.39 is 0 Å². The van der Waals surface area contributed by atoms with Gasteiger partial charge in [0.05, 0.1) is 5.56 Å². The molecular weight excluding hydrogens is 336 g/mol. The summed E-state index contributed by atoms with van der Waals surface area (Å²) in [6.07, 6.45) is 5.47. The van der Waals surface area contributed by atoms with E-state index in [9.17, 15) is 4.79 Å². The summed E-state index contributed by atoms with van der Waals surface area (Å²) >= 11 is 0. The normalized spacial score (nSPS) is 16.7. The van der Waals surface area contributed by atoms with E-state index in [0.29, 0.717) is 12.1 Å². The molecular formula is C22H24N4O. The average molecular weight is 360 g/mol. The standard InChI is InChI=1S/C22H24N4O/c1-17-9-10-23-13-21(17)22(27)24-12-20-16-25-11-5-8-19(25)15-26(20)14-18-6-3-2-4-7-18/h2-11,13,20H,12,14-16H2,1H3,(H,24,27). The van der Waals surface area contributed by atoms with Crippen molar-refractivity contribution in [2.24, 2.45) is 0 Å². The van der Waals surface area contributed by atoms with Gasteiger partial charge in [0, 0.05) is 56.5 Å². The molecule has 0 bridgehead atoms. The minimum absolute atomic E-state index is 0.0569. The van der Waals surface area contributed by atoms with Crippen LogP contribution in [-0.4, -0.2) is 32.9 Å². The number of rotatable bonds is 5. The van der Waals surface area contributed by atoms with E-state index in [2.05, 4.69) is 62.4 Å². The van der Waals surface area contributed by atoms with Crippen LogP contribution in [0.15, 0.2) is 67.1 Å². The Balaban J connectivity index is 1.48. The largest absolute Gasteiger partial charge is 0.350 e. The fourth-order valence-electron chi connectivity index (χ4n) is 3.65. The summed E-state index contributed by atoms with van der Waals surface area (Å²) in [5, 5.41) is 3.11. The maximum absolute atomic E-state index is 12.6. The fraction of sp³-hybridized carbons (Fsp3) is 0.273. The van der Waals surface area contributed by atoms with Crippen LogP contribution >= 0.6 is 0 Å². The third kappa shape index (κ3) is 3.93. The lowest BCUT2D eigenvalue weighted by Crippen LogP contribution is -2.48. The molecule has 1 aliphatic heterocycles. The molecule has 1 atom stereocenters. The molecule has 4 rings (SSSR count). The molecule has 0 aliphatic carbocycles. The van der Waals surface area contributed by atoms with Crippen LogP contribution in [0.4, 0.5) is 0 Å². The van der Waals surface area contributed by atoms with Crippen molar-refractivity contribution in [1.29, 1.82) is 0 Å². The quantitative estimate of drug-likeness (QED) is 0.761. The number of aromatic nitrogens is 2. The monoisotopic (exact) mass is 360 g/mol. The van der Waals surface area contributed by atoms with Crippen molar-refractivity contribution in [3.05, 3.63) is 89.5 Å². The maximum atomic E-state index is 12.6. The molecule has 0 fully saturated rings. The number of pyridine rings is 1. The summed E-state index contributed by atoms with van der Waals surface area (Å²) in [7, 11) is 0. The van der Waals surface area contributed by atoms with Gasteiger partial charge in [-0.25, -0.2) is 0 Å². The highest BCUT2D eigenvalue weighted by Crippen LogP contribution is 2.20. The van der Waals surface area contributed by atoms with E-state index in [-0.39, 0.29) is 11.9 Å². The van der Waals surface area contributed by atoms with Gasteiger partial charge in [0.25, 0.3) is 5.91 Å². The van der Waals surface area contributed by atoms with E-state index in [4.69, 9.17) is 0 Å². The number of nitrogens with zero attached hydrogens (tertiary/aromatic N) is 3. The van der Waals surface area contributed by atoms with Gasteiger partial charge in [-0.1, -0.05) is 30.3 Å². The number of aryl methyl sites for hydroxylation is 1. The Bertz CT molecular complexity index is 919. The summed E-state index contributed by atoms with van der Waals surface area (Å²) in [5.41, 5.74) is 4.19. The van der Waals surface area contributed by atoms with E-state index in [1.807, 2.05) is 19.1 Å². The van der Waals surface area contributed by atoms with Crippen molar-refractivity contribution in [3.63, 3.8) is 0 Å². The Labute approximate surface area is 159 Å². The first-order valence-electron chi connectivity index (χ1n) is 9.31. The molecule has 3 aromatic rings. The van der Waals surface area contributed by atoms with E-state index in [1.54, 1.807) is 12.4 Å². The minimum Gasteiger partial charge on any atom is -0.350 e. The van der Waals surface area contributed by atoms with Crippen molar-refractivity contribution >= 4 is 5.91 Å². The first-order chi connectivity index (χ1) is 13.2. The van der Waals surface area contributed by atoms with Crippen molar-refractivity contribution in [1.82, 2.24) is 19.8 Å². The van der Waals surface area contributed by atoms with E-state index in [0.717, 1.165) is 25.2 Å². The molecule has 1 N–H and O–H groups in total. The summed E-state index contributed by atoms with van der Waals surface area (Å²) in [4.78, 5) is 19.1. The predicted octanol–water partition coefficient (Wildman–Crippen LogP) is 3.01. The van der Waals surface area contributed by atoms with Crippen LogP contribution in [0.2, 0.25) is 0 Å². The number of benzene rings is 1. The first-order valence-corrected chi connectivity index (χ1v) is 9.31. The van der Waals surface area contributed by atoms with Crippen LogP contribution in [0.5, 0.6) is 0 Å². The smallest absolute Gasteiger partial charge is 0.253 e. The van der Waals surface area contributed by atoms with Crippen LogP contribution < -0.4 is 5.32 Å². The van der Waals surface area contributed by atoms with Crippen LogP contribution in [0, 0.1) is 6.92 Å². The third-order valence-corrected chi connectivity index (χ3v) is 5.22. The van der Waals surface area contributed by atoms with E-state index >= 15 is 0 Å². The highest BCUT2D eigenvalue weighted by atomic mass is 16.1. The molecule has 0 saturated carbocycles. The molecule has 1 aliphatic rings. The molecule has 1 unspecified atom stereocenters. The molecule has 27 heavy (non-hydrogen) atoms. The zero-order valence-electron chi connectivity index (χ0n) is 15.5. The van der Waals surface area contributed by atoms with Gasteiger partial charge in [-0.05, 0) is 36.2 Å². The SMILES string of the molecule is Cc1ccncc1C(=O)NCC1Cn2cccc2CN1Cc1ccccc1. The number of amides is 1. The molecule has 5 heteroatoms. The molecule has 0 saturated heterocycles. The molecule has 3 heterocycles. The number of carbonyl (C=O) groups is 1. The molecule has 5 nitrogen and oxygen atoms in total. The second-order valence-corrected chi connectivity index (χ2v) is 7.10. The van der Waals surface area contributed by atoms with Gasteiger partial charge in [0.1, 0.15) is 0 Å². The second kappa shape index (κ2) is 7.76. The lowest BCUT2D eigenvalue weighted by molar-refractivity contribution is 0.0897. The van der Waals surface area contributed by atoms with Gasteiger partial charge in [-0.15, -0.1) is 0 Å².